The molecule has 1 atom stereocenters. The Bertz CT molecular complexity index is 130. The zero-order valence-electron chi connectivity index (χ0n) is 9.26. The van der Waals surface area contributed by atoms with Gasteiger partial charge < -0.3 is 5.73 Å². The summed E-state index contributed by atoms with van der Waals surface area (Å²) < 4.78 is 0. The Hall–Kier alpha value is 0.177. The summed E-state index contributed by atoms with van der Waals surface area (Å²) in [6, 6.07) is 0. The summed E-state index contributed by atoms with van der Waals surface area (Å²) in [4.78, 5) is 0. The van der Waals surface area contributed by atoms with Gasteiger partial charge in [0, 0.05) is 8.80 Å². The lowest BCUT2D eigenvalue weighted by atomic mass is 9.86. The molecular formula is C11H25NSi. The maximum absolute atomic E-state index is 5.83. The van der Waals surface area contributed by atoms with Gasteiger partial charge in [0.2, 0.25) is 0 Å². The van der Waals surface area contributed by atoms with Crippen molar-refractivity contribution in [2.75, 3.05) is 6.54 Å². The van der Waals surface area contributed by atoms with Crippen molar-refractivity contribution in [1.29, 1.82) is 0 Å². The van der Waals surface area contributed by atoms with Crippen LogP contribution in [0, 0.1) is 5.92 Å². The van der Waals surface area contributed by atoms with Crippen LogP contribution in [-0.4, -0.2) is 15.3 Å². The fourth-order valence-electron chi connectivity index (χ4n) is 2.49. The summed E-state index contributed by atoms with van der Waals surface area (Å²) in [7, 11) is -0.481. The molecule has 1 aliphatic rings. The largest absolute Gasteiger partial charge is 0.330 e. The summed E-state index contributed by atoms with van der Waals surface area (Å²) in [6.45, 7) is 5.83. The van der Waals surface area contributed by atoms with Gasteiger partial charge >= 0.3 is 0 Å². The molecule has 0 aromatic carbocycles. The van der Waals surface area contributed by atoms with Crippen molar-refractivity contribution in [3.63, 3.8) is 0 Å². The van der Waals surface area contributed by atoms with Crippen LogP contribution in [-0.2, 0) is 0 Å². The quantitative estimate of drug-likeness (QED) is 0.692. The van der Waals surface area contributed by atoms with Crippen molar-refractivity contribution in [2.45, 2.75) is 57.2 Å². The summed E-state index contributed by atoms with van der Waals surface area (Å²) in [6.07, 6.45) is 8.84. The van der Waals surface area contributed by atoms with Gasteiger partial charge in [0.25, 0.3) is 0 Å². The number of rotatable bonds is 4. The Morgan fingerprint density at radius 3 is 2.31 bits per heavy atom. The van der Waals surface area contributed by atoms with E-state index >= 15 is 0 Å². The first-order valence-corrected chi connectivity index (χ1v) is 8.91. The van der Waals surface area contributed by atoms with E-state index in [-0.39, 0.29) is 0 Å². The van der Waals surface area contributed by atoms with Gasteiger partial charge in [-0.3, -0.25) is 0 Å². The molecule has 1 rings (SSSR count). The van der Waals surface area contributed by atoms with E-state index in [1.807, 2.05) is 0 Å². The molecule has 0 aromatic heterocycles. The van der Waals surface area contributed by atoms with Crippen molar-refractivity contribution < 1.29 is 0 Å². The highest BCUT2D eigenvalue weighted by molar-refractivity contribution is 6.57. The number of hydrogen-bond donors (Lipinski definition) is 1. The molecule has 0 aromatic rings. The maximum atomic E-state index is 5.83. The lowest BCUT2D eigenvalue weighted by Gasteiger charge is -2.27. The van der Waals surface area contributed by atoms with Crippen LogP contribution in [0.5, 0.6) is 0 Å². The van der Waals surface area contributed by atoms with Gasteiger partial charge in [-0.25, -0.2) is 0 Å². The summed E-state index contributed by atoms with van der Waals surface area (Å²) in [5.74, 6) is 1.03. The third-order valence-electron chi connectivity index (χ3n) is 3.61. The maximum Gasteiger partial charge on any atom is 0.0352 e. The molecule has 1 aliphatic carbocycles. The second-order valence-electron chi connectivity index (χ2n) is 4.98. The molecule has 0 heterocycles. The van der Waals surface area contributed by atoms with Crippen LogP contribution in [0.1, 0.15) is 38.5 Å². The molecular weight excluding hydrogens is 174 g/mol. The lowest BCUT2D eigenvalue weighted by Crippen LogP contribution is -2.24. The Kier molecular flexibility index (Phi) is 5.03. The van der Waals surface area contributed by atoms with Crippen LogP contribution in [0.4, 0.5) is 0 Å². The average molecular weight is 199 g/mol. The summed E-state index contributed by atoms with van der Waals surface area (Å²) in [5, 5.41) is 0. The third kappa shape index (κ3) is 3.82. The Morgan fingerprint density at radius 2 is 1.85 bits per heavy atom. The Balaban J connectivity index is 2.27. The SMILES string of the molecule is C[SiH](C)C(CN)CC1CCCCC1. The second-order valence-corrected chi connectivity index (χ2v) is 8.41. The molecule has 0 aliphatic heterocycles. The molecule has 0 radical (unpaired) electrons. The first-order chi connectivity index (χ1) is 6.24. The van der Waals surface area contributed by atoms with Crippen LogP contribution in [0.15, 0.2) is 0 Å². The molecule has 1 saturated carbocycles. The van der Waals surface area contributed by atoms with Crippen molar-refractivity contribution >= 4 is 8.80 Å². The molecule has 2 N–H and O–H groups in total. The Labute approximate surface area is 84.7 Å². The summed E-state index contributed by atoms with van der Waals surface area (Å²) in [5.41, 5.74) is 6.73. The standard InChI is InChI=1S/C11H25NSi/c1-13(2)11(9-12)8-10-6-4-3-5-7-10/h10-11,13H,3-9,12H2,1-2H3. The third-order valence-corrected chi connectivity index (χ3v) is 6.04. The van der Waals surface area contributed by atoms with E-state index in [0.29, 0.717) is 0 Å². The lowest BCUT2D eigenvalue weighted by molar-refractivity contribution is 0.333. The molecule has 78 valence electrons. The van der Waals surface area contributed by atoms with Crippen LogP contribution in [0.3, 0.4) is 0 Å². The topological polar surface area (TPSA) is 26.0 Å². The van der Waals surface area contributed by atoms with E-state index in [1.165, 1.54) is 38.5 Å². The predicted molar refractivity (Wildman–Crippen MR) is 62.9 cm³/mol. The van der Waals surface area contributed by atoms with Crippen molar-refractivity contribution in [3.8, 4) is 0 Å². The van der Waals surface area contributed by atoms with E-state index in [9.17, 15) is 0 Å². The fourth-order valence-corrected chi connectivity index (χ4v) is 3.97. The van der Waals surface area contributed by atoms with Gasteiger partial charge in [0.15, 0.2) is 0 Å². The minimum absolute atomic E-state index is 0.481. The van der Waals surface area contributed by atoms with Gasteiger partial charge in [0.1, 0.15) is 0 Å². The van der Waals surface area contributed by atoms with Gasteiger partial charge in [-0.05, 0) is 24.4 Å². The van der Waals surface area contributed by atoms with Gasteiger partial charge in [0.05, 0.1) is 0 Å². The van der Waals surface area contributed by atoms with Crippen LogP contribution in [0.25, 0.3) is 0 Å². The van der Waals surface area contributed by atoms with E-state index < -0.39 is 8.80 Å². The van der Waals surface area contributed by atoms with E-state index in [0.717, 1.165) is 18.0 Å². The predicted octanol–water partition coefficient (Wildman–Crippen LogP) is 2.77. The molecule has 2 heteroatoms. The van der Waals surface area contributed by atoms with Crippen molar-refractivity contribution in [1.82, 2.24) is 0 Å². The molecule has 1 fully saturated rings. The zero-order chi connectivity index (χ0) is 9.68. The van der Waals surface area contributed by atoms with E-state index in [2.05, 4.69) is 13.1 Å². The van der Waals surface area contributed by atoms with Gasteiger partial charge in [-0.1, -0.05) is 45.2 Å². The minimum atomic E-state index is -0.481. The Morgan fingerprint density at radius 1 is 1.23 bits per heavy atom. The van der Waals surface area contributed by atoms with E-state index in [4.69, 9.17) is 5.73 Å². The van der Waals surface area contributed by atoms with Gasteiger partial charge in [-0.15, -0.1) is 0 Å². The van der Waals surface area contributed by atoms with E-state index in [1.54, 1.807) is 0 Å². The molecule has 0 bridgehead atoms. The molecule has 1 unspecified atom stereocenters. The smallest absolute Gasteiger partial charge is 0.0352 e. The molecule has 1 nitrogen and oxygen atoms in total. The van der Waals surface area contributed by atoms with Crippen molar-refractivity contribution in [2.24, 2.45) is 11.7 Å². The minimum Gasteiger partial charge on any atom is -0.330 e. The molecule has 13 heavy (non-hydrogen) atoms. The molecule has 0 spiro atoms. The highest BCUT2D eigenvalue weighted by Gasteiger charge is 2.20. The van der Waals surface area contributed by atoms with Crippen LogP contribution >= 0.6 is 0 Å². The second kappa shape index (κ2) is 5.81. The molecule has 0 amide bonds. The number of hydrogen-bond acceptors (Lipinski definition) is 1. The van der Waals surface area contributed by atoms with Gasteiger partial charge in [-0.2, -0.15) is 0 Å². The zero-order valence-corrected chi connectivity index (χ0v) is 10.4. The fraction of sp³-hybridized carbons (Fsp3) is 1.00. The number of nitrogens with two attached hydrogens (primary N) is 1. The average Bonchev–Trinajstić information content (AvgIpc) is 2.15. The van der Waals surface area contributed by atoms with Crippen LogP contribution < -0.4 is 5.73 Å². The first-order valence-electron chi connectivity index (χ1n) is 5.94. The first kappa shape index (κ1) is 11.3. The van der Waals surface area contributed by atoms with Crippen LogP contribution in [0.2, 0.25) is 18.6 Å². The highest BCUT2D eigenvalue weighted by atomic mass is 28.3. The molecule has 0 saturated heterocycles. The summed E-state index contributed by atoms with van der Waals surface area (Å²) >= 11 is 0. The highest BCUT2D eigenvalue weighted by Crippen LogP contribution is 2.31. The van der Waals surface area contributed by atoms with Crippen molar-refractivity contribution in [3.05, 3.63) is 0 Å². The normalized spacial score (nSPS) is 22.2. The monoisotopic (exact) mass is 199 g/mol.